The summed E-state index contributed by atoms with van der Waals surface area (Å²) in [5.74, 6) is -0.460. The van der Waals surface area contributed by atoms with Crippen molar-refractivity contribution < 1.29 is 9.72 Å². The molecule has 0 spiro atoms. The van der Waals surface area contributed by atoms with Crippen molar-refractivity contribution in [2.45, 2.75) is 20.3 Å². The number of para-hydroxylation sites is 1. The molecule has 22 heavy (non-hydrogen) atoms. The van der Waals surface area contributed by atoms with Crippen molar-refractivity contribution in [3.63, 3.8) is 0 Å². The highest BCUT2D eigenvalue weighted by atomic mass is 35.5. The topological polar surface area (TPSA) is 72.2 Å². The summed E-state index contributed by atoms with van der Waals surface area (Å²) in [5.41, 5.74) is 2.55. The number of carbonyl (C=O) groups excluding carboxylic acids is 1. The lowest BCUT2D eigenvalue weighted by Gasteiger charge is -2.13. The average Bonchev–Trinajstić information content (AvgIpc) is 2.49. The van der Waals surface area contributed by atoms with Gasteiger partial charge in [0.25, 0.3) is 11.6 Å². The number of non-ortho nitro benzene ring substituents is 1. The van der Waals surface area contributed by atoms with Crippen LogP contribution in [0.2, 0.25) is 5.02 Å². The second-order valence-corrected chi connectivity index (χ2v) is 5.25. The van der Waals surface area contributed by atoms with Crippen molar-refractivity contribution in [3.05, 3.63) is 68.2 Å². The van der Waals surface area contributed by atoms with Crippen LogP contribution in [0.5, 0.6) is 0 Å². The second-order valence-electron chi connectivity index (χ2n) is 4.84. The number of carbonyl (C=O) groups is 1. The maximum Gasteiger partial charge on any atom is 0.270 e. The van der Waals surface area contributed by atoms with Gasteiger partial charge in [-0.3, -0.25) is 14.9 Å². The fraction of sp³-hybridized carbons (Fsp3) is 0.188. The van der Waals surface area contributed by atoms with E-state index in [2.05, 4.69) is 5.32 Å². The van der Waals surface area contributed by atoms with Crippen LogP contribution in [0, 0.1) is 17.0 Å². The number of nitrogens with one attached hydrogen (secondary N) is 1. The van der Waals surface area contributed by atoms with Gasteiger partial charge in [-0.25, -0.2) is 0 Å². The minimum absolute atomic E-state index is 0.0844. The third kappa shape index (κ3) is 3.26. The molecule has 0 saturated heterocycles. The summed E-state index contributed by atoms with van der Waals surface area (Å²) in [6.07, 6.45) is 0.764. The van der Waals surface area contributed by atoms with Crippen molar-refractivity contribution in [2.24, 2.45) is 0 Å². The van der Waals surface area contributed by atoms with Gasteiger partial charge in [-0.15, -0.1) is 0 Å². The Morgan fingerprint density at radius 2 is 2.05 bits per heavy atom. The molecule has 2 aromatic rings. The van der Waals surface area contributed by atoms with Gasteiger partial charge in [-0.1, -0.05) is 36.7 Å². The fourth-order valence-corrected chi connectivity index (χ4v) is 2.39. The van der Waals surface area contributed by atoms with Crippen LogP contribution in [-0.2, 0) is 6.42 Å². The standard InChI is InChI=1S/C16H15ClN2O3/c1-3-11-6-4-5-10(2)15(11)18-16(20)13-9-12(19(21)22)7-8-14(13)17/h4-9H,3H2,1-2H3,(H,18,20). The SMILES string of the molecule is CCc1cccc(C)c1NC(=O)c1cc([N+](=O)[O-])ccc1Cl. The predicted molar refractivity (Wildman–Crippen MR) is 86.6 cm³/mol. The highest BCUT2D eigenvalue weighted by Crippen LogP contribution is 2.26. The van der Waals surface area contributed by atoms with Gasteiger partial charge in [0.2, 0.25) is 0 Å². The number of nitrogens with zero attached hydrogens (tertiary/aromatic N) is 1. The number of nitro groups is 1. The molecule has 6 heteroatoms. The van der Waals surface area contributed by atoms with Gasteiger partial charge in [0.1, 0.15) is 0 Å². The van der Waals surface area contributed by atoms with E-state index in [1.807, 2.05) is 32.0 Å². The molecule has 0 saturated carbocycles. The third-order valence-electron chi connectivity index (χ3n) is 3.38. The molecule has 0 aliphatic rings. The summed E-state index contributed by atoms with van der Waals surface area (Å²) in [7, 11) is 0. The number of hydrogen-bond donors (Lipinski definition) is 1. The van der Waals surface area contributed by atoms with E-state index in [-0.39, 0.29) is 16.3 Å². The molecule has 5 nitrogen and oxygen atoms in total. The van der Waals surface area contributed by atoms with Crippen LogP contribution in [0.3, 0.4) is 0 Å². The van der Waals surface area contributed by atoms with E-state index in [9.17, 15) is 14.9 Å². The molecule has 1 N–H and O–H groups in total. The zero-order valence-corrected chi connectivity index (χ0v) is 13.0. The molecule has 0 aromatic heterocycles. The first kappa shape index (κ1) is 16.0. The Morgan fingerprint density at radius 1 is 1.32 bits per heavy atom. The first-order valence-electron chi connectivity index (χ1n) is 6.77. The molecule has 1 amide bonds. The first-order valence-corrected chi connectivity index (χ1v) is 7.15. The molecule has 0 bridgehead atoms. The number of benzene rings is 2. The summed E-state index contributed by atoms with van der Waals surface area (Å²) >= 11 is 5.99. The van der Waals surface area contributed by atoms with Crippen LogP contribution in [-0.4, -0.2) is 10.8 Å². The molecule has 0 unspecified atom stereocenters. The van der Waals surface area contributed by atoms with Gasteiger partial charge >= 0.3 is 0 Å². The Labute approximate surface area is 133 Å². The van der Waals surface area contributed by atoms with E-state index in [1.54, 1.807) is 0 Å². The number of rotatable bonds is 4. The van der Waals surface area contributed by atoms with E-state index in [4.69, 9.17) is 11.6 Å². The van der Waals surface area contributed by atoms with Gasteiger partial charge in [0.05, 0.1) is 15.5 Å². The number of amides is 1. The molecule has 0 heterocycles. The fourth-order valence-electron chi connectivity index (χ4n) is 2.18. The van der Waals surface area contributed by atoms with Crippen LogP contribution in [0.1, 0.15) is 28.4 Å². The van der Waals surface area contributed by atoms with Gasteiger partial charge in [-0.2, -0.15) is 0 Å². The van der Waals surface area contributed by atoms with E-state index >= 15 is 0 Å². The normalized spacial score (nSPS) is 10.3. The summed E-state index contributed by atoms with van der Waals surface area (Å²) in [4.78, 5) is 22.7. The van der Waals surface area contributed by atoms with Crippen LogP contribution >= 0.6 is 11.6 Å². The molecular weight excluding hydrogens is 304 g/mol. The van der Waals surface area contributed by atoms with E-state index in [0.29, 0.717) is 0 Å². The lowest BCUT2D eigenvalue weighted by atomic mass is 10.1. The van der Waals surface area contributed by atoms with E-state index < -0.39 is 10.8 Å². The zero-order valence-electron chi connectivity index (χ0n) is 12.2. The van der Waals surface area contributed by atoms with E-state index in [1.165, 1.54) is 18.2 Å². The van der Waals surface area contributed by atoms with Crippen molar-refractivity contribution in [3.8, 4) is 0 Å². The largest absolute Gasteiger partial charge is 0.321 e. The van der Waals surface area contributed by atoms with Crippen LogP contribution in [0.4, 0.5) is 11.4 Å². The smallest absolute Gasteiger partial charge is 0.270 e. The highest BCUT2D eigenvalue weighted by Gasteiger charge is 2.17. The number of hydrogen-bond acceptors (Lipinski definition) is 3. The molecule has 0 fully saturated rings. The summed E-state index contributed by atoms with van der Waals surface area (Å²) in [5, 5.41) is 13.8. The zero-order chi connectivity index (χ0) is 16.3. The minimum atomic E-state index is -0.557. The average molecular weight is 319 g/mol. The van der Waals surface area contributed by atoms with Crippen LogP contribution in [0.15, 0.2) is 36.4 Å². The second kappa shape index (κ2) is 6.58. The lowest BCUT2D eigenvalue weighted by Crippen LogP contribution is -2.15. The lowest BCUT2D eigenvalue weighted by molar-refractivity contribution is -0.384. The van der Waals surface area contributed by atoms with Gasteiger partial charge in [0, 0.05) is 17.8 Å². The monoisotopic (exact) mass is 318 g/mol. The number of anilines is 1. The minimum Gasteiger partial charge on any atom is -0.321 e. The number of halogens is 1. The quantitative estimate of drug-likeness (QED) is 0.672. The summed E-state index contributed by atoms with van der Waals surface area (Å²) in [6.45, 7) is 3.88. The van der Waals surface area contributed by atoms with Crippen molar-refractivity contribution in [1.29, 1.82) is 0 Å². The molecule has 0 aliphatic carbocycles. The molecule has 2 rings (SSSR count). The third-order valence-corrected chi connectivity index (χ3v) is 3.71. The Kier molecular flexibility index (Phi) is 4.78. The van der Waals surface area contributed by atoms with Gasteiger partial charge in [-0.05, 0) is 30.5 Å². The Bertz CT molecular complexity index is 744. The van der Waals surface area contributed by atoms with Crippen molar-refractivity contribution in [1.82, 2.24) is 0 Å². The Morgan fingerprint density at radius 3 is 2.68 bits per heavy atom. The molecule has 0 aliphatic heterocycles. The highest BCUT2D eigenvalue weighted by molar-refractivity contribution is 6.34. The summed E-state index contributed by atoms with van der Waals surface area (Å²) < 4.78 is 0. The predicted octanol–water partition coefficient (Wildman–Crippen LogP) is 4.37. The van der Waals surface area contributed by atoms with Crippen molar-refractivity contribution >= 4 is 28.9 Å². The molecule has 0 atom stereocenters. The maximum atomic E-state index is 12.4. The molecule has 0 radical (unpaired) electrons. The van der Waals surface area contributed by atoms with Gasteiger partial charge < -0.3 is 5.32 Å². The van der Waals surface area contributed by atoms with Crippen molar-refractivity contribution in [2.75, 3.05) is 5.32 Å². The maximum absolute atomic E-state index is 12.4. The Balaban J connectivity index is 2.38. The number of nitro benzene ring substituents is 1. The van der Waals surface area contributed by atoms with Crippen LogP contribution < -0.4 is 5.32 Å². The molecular formula is C16H15ClN2O3. The summed E-state index contributed by atoms with van der Waals surface area (Å²) in [6, 6.07) is 9.55. The van der Waals surface area contributed by atoms with Crippen LogP contribution in [0.25, 0.3) is 0 Å². The molecule has 2 aromatic carbocycles. The first-order chi connectivity index (χ1) is 10.4. The number of aryl methyl sites for hydroxylation is 2. The van der Waals surface area contributed by atoms with E-state index in [0.717, 1.165) is 23.2 Å². The Hall–Kier alpha value is -2.40. The van der Waals surface area contributed by atoms with Gasteiger partial charge in [0.15, 0.2) is 0 Å². The molecule has 114 valence electrons.